The van der Waals surface area contributed by atoms with Gasteiger partial charge in [-0.25, -0.2) is 32.4 Å². The van der Waals surface area contributed by atoms with Crippen LogP contribution in [0, 0.1) is 11.2 Å². The summed E-state index contributed by atoms with van der Waals surface area (Å²) in [5.41, 5.74) is 0.282. The van der Waals surface area contributed by atoms with E-state index < -0.39 is 42.1 Å². The van der Waals surface area contributed by atoms with Crippen molar-refractivity contribution in [2.45, 2.75) is 70.6 Å². The van der Waals surface area contributed by atoms with E-state index in [1.54, 1.807) is 11.1 Å². The van der Waals surface area contributed by atoms with Crippen LogP contribution >= 0.6 is 0 Å². The Morgan fingerprint density at radius 1 is 1.17 bits per heavy atom. The molecule has 1 N–H and O–H groups in total. The molecule has 0 saturated carbocycles. The first-order chi connectivity index (χ1) is 22.9. The van der Waals surface area contributed by atoms with E-state index in [0.717, 1.165) is 50.0 Å². The molecule has 5 heterocycles. The number of benzene rings is 1. The van der Waals surface area contributed by atoms with Crippen molar-refractivity contribution in [3.05, 3.63) is 42.1 Å². The Labute approximate surface area is 281 Å². The first-order valence-electron chi connectivity index (χ1n) is 16.6. The number of hydrogen-bond donors (Lipinski definition) is 1. The van der Waals surface area contributed by atoms with E-state index in [0.29, 0.717) is 31.0 Å². The zero-order chi connectivity index (χ0) is 34.2. The molecule has 1 amide bonds. The van der Waals surface area contributed by atoms with Crippen LogP contribution in [0.5, 0.6) is 11.5 Å². The topological polar surface area (TPSA) is 115 Å². The average molecular weight is 696 g/mol. The summed E-state index contributed by atoms with van der Waals surface area (Å²) in [6, 6.07) is 3.47. The van der Waals surface area contributed by atoms with E-state index in [9.17, 15) is 26.7 Å². The predicted octanol–water partition coefficient (Wildman–Crippen LogP) is 4.03. The second-order valence-electron chi connectivity index (χ2n) is 13.7. The predicted molar refractivity (Wildman–Crippen MR) is 173 cm³/mol. The lowest BCUT2D eigenvalue weighted by Crippen LogP contribution is -2.66. The van der Waals surface area contributed by atoms with Gasteiger partial charge in [-0.15, -0.1) is 4.41 Å². The van der Waals surface area contributed by atoms with Crippen LogP contribution in [0.2, 0.25) is 0 Å². The fourth-order valence-corrected chi connectivity index (χ4v) is 8.05. The van der Waals surface area contributed by atoms with Crippen molar-refractivity contribution in [3.63, 3.8) is 0 Å². The number of aromatic nitrogens is 2. The van der Waals surface area contributed by atoms with Crippen molar-refractivity contribution < 1.29 is 36.2 Å². The molecular weight excluding hydrogens is 651 g/mol. The lowest BCUT2D eigenvalue weighted by molar-refractivity contribution is -0.206. The molecule has 48 heavy (non-hydrogen) atoms. The zero-order valence-corrected chi connectivity index (χ0v) is 28.4. The van der Waals surface area contributed by atoms with Crippen molar-refractivity contribution in [1.29, 1.82) is 0 Å². The normalized spacial score (nSPS) is 24.7. The van der Waals surface area contributed by atoms with Gasteiger partial charge in [-0.1, -0.05) is 0 Å². The van der Waals surface area contributed by atoms with E-state index in [2.05, 4.69) is 19.8 Å². The van der Waals surface area contributed by atoms with E-state index in [1.165, 1.54) is 29.5 Å². The Kier molecular flexibility index (Phi) is 10.3. The fourth-order valence-electron chi connectivity index (χ4n) is 7.32. The Morgan fingerprint density at radius 2 is 1.90 bits per heavy atom. The molecule has 264 valence electrons. The number of amides is 1. The number of rotatable bonds is 11. The molecule has 0 aliphatic carbocycles. The number of ether oxygens (including phenoxy) is 2. The summed E-state index contributed by atoms with van der Waals surface area (Å²) in [4.78, 5) is 28.2. The van der Waals surface area contributed by atoms with Gasteiger partial charge in [0.1, 0.15) is 17.9 Å². The number of anilines is 1. The van der Waals surface area contributed by atoms with Gasteiger partial charge in [-0.3, -0.25) is 9.35 Å². The summed E-state index contributed by atoms with van der Waals surface area (Å²) in [6.45, 7) is 9.46. The first-order valence-corrected chi connectivity index (χ1v) is 17.6. The monoisotopic (exact) mass is 695 g/mol. The Hall–Kier alpha value is -2.89. The second-order valence-corrected chi connectivity index (χ2v) is 14.5. The van der Waals surface area contributed by atoms with Gasteiger partial charge in [0.05, 0.1) is 43.6 Å². The van der Waals surface area contributed by atoms with Crippen molar-refractivity contribution in [2.24, 2.45) is 5.41 Å². The third kappa shape index (κ3) is 7.48. The zero-order valence-electron chi connectivity index (χ0n) is 27.6. The molecule has 4 aliphatic heterocycles. The van der Waals surface area contributed by atoms with Crippen LogP contribution in [0.15, 0.2) is 30.7 Å². The van der Waals surface area contributed by atoms with Gasteiger partial charge in [-0.2, -0.15) is 0 Å². The third-order valence-electron chi connectivity index (χ3n) is 9.93. The third-order valence-corrected chi connectivity index (χ3v) is 10.8. The number of carbonyl (C=O) groups is 1. The summed E-state index contributed by atoms with van der Waals surface area (Å²) >= 11 is -2.38. The van der Waals surface area contributed by atoms with Crippen LogP contribution in [-0.2, 0) is 16.0 Å². The molecule has 1 spiro atoms. The molecule has 0 bridgehead atoms. The van der Waals surface area contributed by atoms with Crippen LogP contribution in [0.4, 0.5) is 19.0 Å². The lowest BCUT2D eigenvalue weighted by atomic mass is 9.72. The van der Waals surface area contributed by atoms with Crippen molar-refractivity contribution in [2.75, 3.05) is 63.9 Å². The first kappa shape index (κ1) is 35.0. The SMILES string of the molecule is CCN(C(=O)c1cc(F)ccc1Oc1cncnc1N1CC2(CCN(C[C@@H]3CC[C@@H](N(N4CC(F)(F)C4)S(=O)O)CO3)CC2)C1)C(C)C. The summed E-state index contributed by atoms with van der Waals surface area (Å²) in [5, 5.41) is 1.24. The average Bonchev–Trinajstić information content (AvgIpc) is 3.01. The molecule has 3 atom stereocenters. The highest BCUT2D eigenvalue weighted by Gasteiger charge is 2.50. The molecule has 4 saturated heterocycles. The van der Waals surface area contributed by atoms with Gasteiger partial charge in [0.25, 0.3) is 11.8 Å². The molecule has 16 heteroatoms. The fraction of sp³-hybridized carbons (Fsp3) is 0.656. The summed E-state index contributed by atoms with van der Waals surface area (Å²) in [5.74, 6) is -2.39. The maximum Gasteiger partial charge on any atom is 0.275 e. The minimum atomic E-state index is -2.83. The molecular formula is C32H44F3N7O5S. The van der Waals surface area contributed by atoms with Crippen molar-refractivity contribution in [3.8, 4) is 11.5 Å². The van der Waals surface area contributed by atoms with Gasteiger partial charge in [0, 0.05) is 37.6 Å². The molecule has 6 rings (SSSR count). The summed E-state index contributed by atoms with van der Waals surface area (Å²) in [7, 11) is 0. The Bertz CT molecular complexity index is 1470. The quantitative estimate of drug-likeness (QED) is 0.346. The van der Waals surface area contributed by atoms with E-state index in [1.807, 2.05) is 20.8 Å². The van der Waals surface area contributed by atoms with Gasteiger partial charge in [0.2, 0.25) is 11.3 Å². The molecule has 12 nitrogen and oxygen atoms in total. The Morgan fingerprint density at radius 3 is 2.50 bits per heavy atom. The molecule has 1 unspecified atom stereocenters. The number of nitrogens with zero attached hydrogens (tertiary/aromatic N) is 7. The Balaban J connectivity index is 1.01. The number of piperidine rings is 1. The molecule has 4 fully saturated rings. The van der Waals surface area contributed by atoms with Gasteiger partial charge < -0.3 is 24.2 Å². The largest absolute Gasteiger partial charge is 0.451 e. The minimum absolute atomic E-state index is 0.0195. The lowest BCUT2D eigenvalue weighted by Gasteiger charge is -2.54. The van der Waals surface area contributed by atoms with Crippen LogP contribution in [0.1, 0.15) is 56.8 Å². The van der Waals surface area contributed by atoms with Crippen LogP contribution < -0.4 is 9.64 Å². The van der Waals surface area contributed by atoms with Crippen molar-refractivity contribution in [1.82, 2.24) is 29.2 Å². The van der Waals surface area contributed by atoms with Crippen molar-refractivity contribution >= 4 is 23.0 Å². The number of carbonyl (C=O) groups excluding carboxylic acids is 1. The van der Waals surface area contributed by atoms with E-state index in [4.69, 9.17) is 9.47 Å². The standard InChI is InChI=1S/C32H44F3N7O5S/c1-4-41(22(2)3)30(43)26-13-23(33)5-8-27(26)47-28-14-36-21-37-29(28)39-17-31(18-39)9-11-38(12-10-31)15-25-7-6-24(16-46-25)42(48(44)45)40-19-32(34,35)20-40/h5,8,13-14,21-22,24-25H,4,6-7,9-12,15-20H2,1-3H3,(H,44,45)/t24-,25+/m1/s1. The molecule has 0 radical (unpaired) electrons. The minimum Gasteiger partial charge on any atom is -0.451 e. The number of hydrazine groups is 1. The highest BCUT2D eigenvalue weighted by Crippen LogP contribution is 2.45. The van der Waals surface area contributed by atoms with Crippen LogP contribution in [-0.4, -0.2) is 127 Å². The van der Waals surface area contributed by atoms with E-state index in [-0.39, 0.29) is 41.4 Å². The molecule has 1 aromatic heterocycles. The summed E-state index contributed by atoms with van der Waals surface area (Å²) < 4.78 is 76.1. The summed E-state index contributed by atoms with van der Waals surface area (Å²) in [6.07, 6.45) is 6.29. The highest BCUT2D eigenvalue weighted by molar-refractivity contribution is 7.76. The van der Waals surface area contributed by atoms with Crippen LogP contribution in [0.25, 0.3) is 0 Å². The van der Waals surface area contributed by atoms with E-state index >= 15 is 0 Å². The number of halogens is 3. The maximum absolute atomic E-state index is 14.3. The van der Waals surface area contributed by atoms with Crippen LogP contribution in [0.3, 0.4) is 0 Å². The smallest absolute Gasteiger partial charge is 0.275 e. The molecule has 1 aromatic carbocycles. The number of alkyl halides is 2. The maximum atomic E-state index is 14.3. The second kappa shape index (κ2) is 14.2. The van der Waals surface area contributed by atoms with Gasteiger partial charge in [0.15, 0.2) is 11.6 Å². The molecule has 4 aliphatic rings. The molecule has 2 aromatic rings. The van der Waals surface area contributed by atoms with Gasteiger partial charge >= 0.3 is 0 Å². The number of likely N-dealkylation sites (tertiary alicyclic amines) is 1. The highest BCUT2D eigenvalue weighted by atomic mass is 32.2. The number of hydrogen-bond acceptors (Lipinski definition) is 9. The van der Waals surface area contributed by atoms with Gasteiger partial charge in [-0.05, 0) is 77.7 Å².